The third kappa shape index (κ3) is 1.93. The summed E-state index contributed by atoms with van der Waals surface area (Å²) in [6.45, 7) is 1.80. The fourth-order valence-corrected chi connectivity index (χ4v) is 4.02. The van der Waals surface area contributed by atoms with Crippen molar-refractivity contribution >= 4 is 22.0 Å². The van der Waals surface area contributed by atoms with Gasteiger partial charge >= 0.3 is 11.9 Å². The number of hydrogen-bond donors (Lipinski definition) is 1. The number of aromatic amines is 1. The van der Waals surface area contributed by atoms with Crippen LogP contribution in [0.1, 0.15) is 12.2 Å². The largest absolute Gasteiger partial charge is 0.393 e. The van der Waals surface area contributed by atoms with Crippen LogP contribution in [-0.4, -0.2) is 47.7 Å². The minimum atomic E-state index is -3.72. The van der Waals surface area contributed by atoms with Gasteiger partial charge in [0, 0.05) is 13.1 Å². The summed E-state index contributed by atoms with van der Waals surface area (Å²) in [6, 6.07) is 0. The number of ether oxygens (including phenoxy) is 1. The second kappa shape index (κ2) is 4.38. The highest BCUT2D eigenvalue weighted by atomic mass is 32.2. The van der Waals surface area contributed by atoms with Gasteiger partial charge in [-0.1, -0.05) is 0 Å². The van der Waals surface area contributed by atoms with Crippen molar-refractivity contribution in [1.82, 2.24) is 14.3 Å². The molecule has 0 aliphatic carbocycles. The predicted molar refractivity (Wildman–Crippen MR) is 64.8 cm³/mol. The topological polar surface area (TPSA) is 109 Å². The monoisotopic (exact) mass is 299 g/mol. The van der Waals surface area contributed by atoms with Crippen molar-refractivity contribution in [3.8, 4) is 0 Å². The molecule has 9 heteroatoms. The molecule has 0 radical (unpaired) electrons. The van der Waals surface area contributed by atoms with Gasteiger partial charge in [-0.3, -0.25) is 9.59 Å². The molecule has 0 spiro atoms. The van der Waals surface area contributed by atoms with E-state index in [9.17, 15) is 18.0 Å². The summed E-state index contributed by atoms with van der Waals surface area (Å²) in [4.78, 5) is 29.5. The molecule has 0 amide bonds. The number of aryl methyl sites for hydroxylation is 1. The van der Waals surface area contributed by atoms with E-state index in [-0.39, 0.29) is 18.1 Å². The van der Waals surface area contributed by atoms with Crippen LogP contribution < -0.4 is 0 Å². The van der Waals surface area contributed by atoms with E-state index in [2.05, 4.69) is 14.7 Å². The lowest BCUT2D eigenvalue weighted by molar-refractivity contribution is -0.153. The number of hydrogen-bond acceptors (Lipinski definition) is 6. The van der Waals surface area contributed by atoms with E-state index < -0.39 is 33.8 Å². The SMILES string of the molecule is Cc1ncc(S(=O)(=O)N2CCC3C(=O)OC(=O)C3C2)[nH]1. The van der Waals surface area contributed by atoms with Crippen LogP contribution in [0.4, 0.5) is 0 Å². The van der Waals surface area contributed by atoms with Gasteiger partial charge in [0.15, 0.2) is 5.03 Å². The van der Waals surface area contributed by atoms with Crippen LogP contribution in [0.2, 0.25) is 0 Å². The minimum absolute atomic E-state index is 0.00820. The molecular weight excluding hydrogens is 286 g/mol. The number of carbonyl (C=O) groups excluding carboxylic acids is 2. The second-order valence-corrected chi connectivity index (χ2v) is 6.84. The highest BCUT2D eigenvalue weighted by Crippen LogP contribution is 2.33. The molecule has 1 N–H and O–H groups in total. The fraction of sp³-hybridized carbons (Fsp3) is 0.545. The smallest absolute Gasteiger partial charge is 0.318 e. The van der Waals surface area contributed by atoms with E-state index >= 15 is 0 Å². The number of rotatable bonds is 2. The van der Waals surface area contributed by atoms with Crippen molar-refractivity contribution in [2.45, 2.75) is 18.4 Å². The van der Waals surface area contributed by atoms with Gasteiger partial charge < -0.3 is 9.72 Å². The molecule has 3 rings (SSSR count). The van der Waals surface area contributed by atoms with Crippen molar-refractivity contribution < 1.29 is 22.7 Å². The van der Waals surface area contributed by atoms with E-state index in [0.29, 0.717) is 12.2 Å². The highest BCUT2D eigenvalue weighted by Gasteiger charge is 2.49. The van der Waals surface area contributed by atoms with Gasteiger partial charge in [0.25, 0.3) is 10.0 Å². The Bertz CT molecular complexity index is 680. The first-order valence-corrected chi connectivity index (χ1v) is 7.61. The van der Waals surface area contributed by atoms with Gasteiger partial charge in [-0.25, -0.2) is 13.4 Å². The molecule has 0 bridgehead atoms. The third-order valence-corrected chi connectivity index (χ3v) is 5.45. The number of nitrogens with one attached hydrogen (secondary N) is 1. The van der Waals surface area contributed by atoms with Crippen LogP contribution in [-0.2, 0) is 24.3 Å². The van der Waals surface area contributed by atoms with Gasteiger partial charge in [0.05, 0.1) is 18.0 Å². The van der Waals surface area contributed by atoms with Crippen LogP contribution in [0.15, 0.2) is 11.2 Å². The predicted octanol–water partition coefficient (Wildman–Crippen LogP) is -0.572. The summed E-state index contributed by atoms with van der Waals surface area (Å²) in [5, 5.41) is -0.00820. The van der Waals surface area contributed by atoms with Crippen molar-refractivity contribution in [2.24, 2.45) is 11.8 Å². The Hall–Kier alpha value is -1.74. The number of sulfonamides is 1. The zero-order chi connectivity index (χ0) is 14.5. The summed E-state index contributed by atoms with van der Waals surface area (Å²) in [5.41, 5.74) is 0. The number of fused-ring (bicyclic) bond motifs is 1. The third-order valence-electron chi connectivity index (χ3n) is 3.68. The lowest BCUT2D eigenvalue weighted by Crippen LogP contribution is -2.44. The molecule has 2 unspecified atom stereocenters. The van der Waals surface area contributed by atoms with E-state index in [1.54, 1.807) is 6.92 Å². The summed E-state index contributed by atoms with van der Waals surface area (Å²) >= 11 is 0. The molecule has 2 atom stereocenters. The molecule has 2 aliphatic rings. The number of esters is 2. The van der Waals surface area contributed by atoms with Gasteiger partial charge in [-0.15, -0.1) is 0 Å². The van der Waals surface area contributed by atoms with Gasteiger partial charge in [-0.05, 0) is 13.3 Å². The Balaban J connectivity index is 1.86. The summed E-state index contributed by atoms with van der Waals surface area (Å²) in [5.74, 6) is -1.91. The molecule has 8 nitrogen and oxygen atoms in total. The molecular formula is C11H13N3O5S. The van der Waals surface area contributed by atoms with Crippen LogP contribution in [0, 0.1) is 18.8 Å². The molecule has 108 valence electrons. The molecule has 1 aromatic heterocycles. The van der Waals surface area contributed by atoms with E-state index in [4.69, 9.17) is 0 Å². The molecule has 0 aromatic carbocycles. The molecule has 2 fully saturated rings. The van der Waals surface area contributed by atoms with Crippen LogP contribution >= 0.6 is 0 Å². The Morgan fingerprint density at radius 1 is 1.35 bits per heavy atom. The number of imidazole rings is 1. The lowest BCUT2D eigenvalue weighted by Gasteiger charge is -2.30. The van der Waals surface area contributed by atoms with Crippen molar-refractivity contribution in [3.05, 3.63) is 12.0 Å². The van der Waals surface area contributed by atoms with Gasteiger partial charge in [-0.2, -0.15) is 4.31 Å². The summed E-state index contributed by atoms with van der Waals surface area (Å²) in [6.07, 6.45) is 1.54. The van der Waals surface area contributed by atoms with Gasteiger partial charge in [0.1, 0.15) is 5.82 Å². The Kier molecular flexibility index (Phi) is 2.91. The fourth-order valence-electron chi connectivity index (χ4n) is 2.58. The van der Waals surface area contributed by atoms with Crippen LogP contribution in [0.5, 0.6) is 0 Å². The minimum Gasteiger partial charge on any atom is -0.393 e. The average Bonchev–Trinajstić information content (AvgIpc) is 2.95. The normalized spacial score (nSPS) is 27.4. The summed E-state index contributed by atoms with van der Waals surface area (Å²) in [7, 11) is -3.72. The zero-order valence-corrected chi connectivity index (χ0v) is 11.5. The van der Waals surface area contributed by atoms with Crippen LogP contribution in [0.25, 0.3) is 0 Å². The first-order chi connectivity index (χ1) is 9.39. The molecule has 1 aromatic rings. The number of nitrogens with zero attached hydrogens (tertiary/aromatic N) is 2. The van der Waals surface area contributed by atoms with Crippen molar-refractivity contribution in [2.75, 3.05) is 13.1 Å². The van der Waals surface area contributed by atoms with E-state index in [1.165, 1.54) is 10.5 Å². The highest BCUT2D eigenvalue weighted by molar-refractivity contribution is 7.89. The number of carbonyl (C=O) groups is 2. The standard InChI is InChI=1S/C11H13N3O5S/c1-6-12-4-9(13-6)20(17,18)14-3-2-7-8(5-14)11(16)19-10(7)15/h4,7-8H,2-3,5H2,1H3,(H,12,13). The Labute approximate surface area is 115 Å². The zero-order valence-electron chi connectivity index (χ0n) is 10.7. The van der Waals surface area contributed by atoms with E-state index in [1.807, 2.05) is 0 Å². The van der Waals surface area contributed by atoms with Crippen LogP contribution in [0.3, 0.4) is 0 Å². The van der Waals surface area contributed by atoms with E-state index in [0.717, 1.165) is 0 Å². The number of piperidine rings is 1. The number of cyclic esters (lactones) is 2. The molecule has 0 saturated carbocycles. The summed E-state index contributed by atoms with van der Waals surface area (Å²) < 4.78 is 30.5. The molecule has 2 aliphatic heterocycles. The van der Waals surface area contributed by atoms with Crippen molar-refractivity contribution in [3.63, 3.8) is 0 Å². The first kappa shape index (κ1) is 13.3. The average molecular weight is 299 g/mol. The maximum absolute atomic E-state index is 12.4. The first-order valence-electron chi connectivity index (χ1n) is 6.17. The quantitative estimate of drug-likeness (QED) is 0.578. The Morgan fingerprint density at radius 3 is 2.70 bits per heavy atom. The maximum Gasteiger partial charge on any atom is 0.318 e. The van der Waals surface area contributed by atoms with Crippen molar-refractivity contribution in [1.29, 1.82) is 0 Å². The Morgan fingerprint density at radius 2 is 2.05 bits per heavy atom. The molecule has 20 heavy (non-hydrogen) atoms. The van der Waals surface area contributed by atoms with Gasteiger partial charge in [0.2, 0.25) is 0 Å². The number of H-pyrrole nitrogens is 1. The lowest BCUT2D eigenvalue weighted by atomic mass is 9.89. The maximum atomic E-state index is 12.4. The number of aromatic nitrogens is 2. The molecule has 3 heterocycles. The second-order valence-electron chi connectivity index (χ2n) is 4.94. The molecule has 2 saturated heterocycles.